The summed E-state index contributed by atoms with van der Waals surface area (Å²) in [5.41, 5.74) is 11.7. The second-order valence-corrected chi connectivity index (χ2v) is 2.61. The molecule has 1 atom stereocenters. The molecule has 5 nitrogen and oxygen atoms in total. The van der Waals surface area contributed by atoms with Crippen LogP contribution in [0.5, 0.6) is 0 Å². The summed E-state index contributed by atoms with van der Waals surface area (Å²) >= 11 is 0. The van der Waals surface area contributed by atoms with Crippen LogP contribution in [0.15, 0.2) is 6.20 Å². The van der Waals surface area contributed by atoms with Crippen LogP contribution in [-0.4, -0.2) is 21.0 Å². The maximum Gasteiger partial charge on any atom is 0.0962 e. The Balaban J connectivity index is 2.58. The van der Waals surface area contributed by atoms with Gasteiger partial charge >= 0.3 is 0 Å². The SMILES string of the molecule is C[C@@H](N)Cn1cc(CN)nn1. The van der Waals surface area contributed by atoms with Gasteiger partial charge in [-0.1, -0.05) is 5.21 Å². The molecule has 0 amide bonds. The van der Waals surface area contributed by atoms with E-state index >= 15 is 0 Å². The Kier molecular flexibility index (Phi) is 2.56. The molecule has 11 heavy (non-hydrogen) atoms. The van der Waals surface area contributed by atoms with E-state index in [1.165, 1.54) is 0 Å². The van der Waals surface area contributed by atoms with Gasteiger partial charge in [-0.05, 0) is 6.92 Å². The molecule has 0 saturated heterocycles. The van der Waals surface area contributed by atoms with E-state index in [-0.39, 0.29) is 6.04 Å². The van der Waals surface area contributed by atoms with Crippen LogP contribution in [0.4, 0.5) is 0 Å². The Labute approximate surface area is 65.4 Å². The smallest absolute Gasteiger partial charge is 0.0962 e. The molecule has 0 unspecified atom stereocenters. The van der Waals surface area contributed by atoms with Crippen molar-refractivity contribution in [3.05, 3.63) is 11.9 Å². The van der Waals surface area contributed by atoms with Gasteiger partial charge in [0.1, 0.15) is 0 Å². The molecular weight excluding hydrogens is 142 g/mol. The lowest BCUT2D eigenvalue weighted by atomic mass is 10.4. The average Bonchev–Trinajstić information content (AvgIpc) is 2.34. The highest BCUT2D eigenvalue weighted by Crippen LogP contribution is 1.91. The fourth-order valence-electron chi connectivity index (χ4n) is 0.816. The maximum atomic E-state index is 5.56. The third-order valence-corrected chi connectivity index (χ3v) is 1.27. The van der Waals surface area contributed by atoms with Crippen LogP contribution in [0.1, 0.15) is 12.6 Å². The van der Waals surface area contributed by atoms with Crippen molar-refractivity contribution in [2.75, 3.05) is 0 Å². The minimum absolute atomic E-state index is 0.0994. The first-order valence-corrected chi connectivity index (χ1v) is 3.57. The molecule has 0 aliphatic heterocycles. The van der Waals surface area contributed by atoms with E-state index in [1.807, 2.05) is 13.1 Å². The van der Waals surface area contributed by atoms with Crippen LogP contribution < -0.4 is 11.5 Å². The summed E-state index contributed by atoms with van der Waals surface area (Å²) in [6.45, 7) is 3.04. The lowest BCUT2D eigenvalue weighted by molar-refractivity contribution is 0.523. The summed E-state index contributed by atoms with van der Waals surface area (Å²) < 4.78 is 1.70. The zero-order chi connectivity index (χ0) is 8.27. The van der Waals surface area contributed by atoms with Crippen LogP contribution >= 0.6 is 0 Å². The van der Waals surface area contributed by atoms with E-state index < -0.39 is 0 Å². The summed E-state index contributed by atoms with van der Waals surface area (Å²) in [7, 11) is 0. The van der Waals surface area contributed by atoms with E-state index in [4.69, 9.17) is 11.5 Å². The van der Waals surface area contributed by atoms with Crippen molar-refractivity contribution in [1.29, 1.82) is 0 Å². The largest absolute Gasteiger partial charge is 0.326 e. The van der Waals surface area contributed by atoms with Crippen LogP contribution in [0.3, 0.4) is 0 Å². The van der Waals surface area contributed by atoms with E-state index in [9.17, 15) is 0 Å². The first-order valence-electron chi connectivity index (χ1n) is 3.57. The average molecular weight is 155 g/mol. The van der Waals surface area contributed by atoms with Crippen molar-refractivity contribution < 1.29 is 0 Å². The molecule has 0 fully saturated rings. The molecule has 0 aliphatic carbocycles. The summed E-state index contributed by atoms with van der Waals surface area (Å²) in [5, 5.41) is 7.65. The molecule has 1 rings (SSSR count). The number of rotatable bonds is 3. The Morgan fingerprint density at radius 2 is 2.45 bits per heavy atom. The van der Waals surface area contributed by atoms with Gasteiger partial charge in [0, 0.05) is 18.8 Å². The molecule has 4 N–H and O–H groups in total. The molecule has 0 radical (unpaired) electrons. The van der Waals surface area contributed by atoms with Gasteiger partial charge in [0.05, 0.1) is 12.2 Å². The molecule has 0 saturated carbocycles. The van der Waals surface area contributed by atoms with E-state index in [0.29, 0.717) is 13.1 Å². The second kappa shape index (κ2) is 3.45. The van der Waals surface area contributed by atoms with Gasteiger partial charge in [-0.15, -0.1) is 5.10 Å². The van der Waals surface area contributed by atoms with Crippen LogP contribution in [-0.2, 0) is 13.1 Å². The fourth-order valence-corrected chi connectivity index (χ4v) is 0.816. The predicted octanol–water partition coefficient (Wildman–Crippen LogP) is -0.916. The van der Waals surface area contributed by atoms with Gasteiger partial charge in [0.2, 0.25) is 0 Å². The van der Waals surface area contributed by atoms with Gasteiger partial charge < -0.3 is 11.5 Å². The summed E-state index contributed by atoms with van der Waals surface area (Å²) in [6.07, 6.45) is 1.81. The number of nitrogens with two attached hydrogens (primary N) is 2. The molecule has 1 aromatic heterocycles. The minimum Gasteiger partial charge on any atom is -0.326 e. The van der Waals surface area contributed by atoms with Crippen LogP contribution in [0.2, 0.25) is 0 Å². The van der Waals surface area contributed by atoms with E-state index in [1.54, 1.807) is 4.68 Å². The summed E-state index contributed by atoms with van der Waals surface area (Å²) in [6, 6.07) is 0.0994. The standard InChI is InChI=1S/C6H13N5/c1-5(8)3-11-4-6(2-7)9-10-11/h4-5H,2-3,7-8H2,1H3/t5-/m1/s1. The maximum absolute atomic E-state index is 5.56. The van der Waals surface area contributed by atoms with Crippen molar-refractivity contribution in [3.63, 3.8) is 0 Å². The lowest BCUT2D eigenvalue weighted by Gasteiger charge is -2.01. The van der Waals surface area contributed by atoms with E-state index in [2.05, 4.69) is 10.3 Å². The Morgan fingerprint density at radius 3 is 2.91 bits per heavy atom. The van der Waals surface area contributed by atoms with Gasteiger partial charge in [0.25, 0.3) is 0 Å². The van der Waals surface area contributed by atoms with Crippen LogP contribution in [0.25, 0.3) is 0 Å². The number of nitrogens with zero attached hydrogens (tertiary/aromatic N) is 3. The lowest BCUT2D eigenvalue weighted by Crippen LogP contribution is -2.22. The Hall–Kier alpha value is -0.940. The molecule has 0 bridgehead atoms. The van der Waals surface area contributed by atoms with Gasteiger partial charge in [0.15, 0.2) is 0 Å². The van der Waals surface area contributed by atoms with Crippen molar-refractivity contribution in [2.24, 2.45) is 11.5 Å². The first-order chi connectivity index (χ1) is 5.22. The normalized spacial score (nSPS) is 13.4. The topological polar surface area (TPSA) is 82.8 Å². The third kappa shape index (κ3) is 2.28. The number of hydrogen-bond donors (Lipinski definition) is 2. The van der Waals surface area contributed by atoms with Crippen LogP contribution in [0, 0.1) is 0 Å². The highest BCUT2D eigenvalue weighted by Gasteiger charge is 1.99. The van der Waals surface area contributed by atoms with Crippen molar-refractivity contribution in [2.45, 2.75) is 26.1 Å². The van der Waals surface area contributed by atoms with Crippen molar-refractivity contribution >= 4 is 0 Å². The molecule has 1 aromatic rings. The molecule has 5 heteroatoms. The van der Waals surface area contributed by atoms with Crippen molar-refractivity contribution in [3.8, 4) is 0 Å². The second-order valence-electron chi connectivity index (χ2n) is 2.61. The van der Waals surface area contributed by atoms with Gasteiger partial charge in [-0.3, -0.25) is 4.68 Å². The summed E-state index contributed by atoms with van der Waals surface area (Å²) in [4.78, 5) is 0. The molecule has 62 valence electrons. The molecule has 0 aliphatic rings. The number of aromatic nitrogens is 3. The summed E-state index contributed by atoms with van der Waals surface area (Å²) in [5.74, 6) is 0. The predicted molar refractivity (Wildman–Crippen MR) is 41.6 cm³/mol. The van der Waals surface area contributed by atoms with Gasteiger partial charge in [-0.2, -0.15) is 0 Å². The monoisotopic (exact) mass is 155 g/mol. The fraction of sp³-hybridized carbons (Fsp3) is 0.667. The molecule has 0 aromatic carbocycles. The first kappa shape index (κ1) is 8.16. The molecule has 1 heterocycles. The highest BCUT2D eigenvalue weighted by atomic mass is 15.4. The Bertz CT molecular complexity index is 217. The molecular formula is C6H13N5. The van der Waals surface area contributed by atoms with Gasteiger partial charge in [-0.25, -0.2) is 0 Å². The highest BCUT2D eigenvalue weighted by molar-refractivity contribution is 4.90. The Morgan fingerprint density at radius 1 is 1.73 bits per heavy atom. The van der Waals surface area contributed by atoms with E-state index in [0.717, 1.165) is 5.69 Å². The zero-order valence-electron chi connectivity index (χ0n) is 6.57. The molecule has 0 spiro atoms. The quantitative estimate of drug-likeness (QED) is 0.591. The number of hydrogen-bond acceptors (Lipinski definition) is 4. The third-order valence-electron chi connectivity index (χ3n) is 1.27. The van der Waals surface area contributed by atoms with Crippen molar-refractivity contribution in [1.82, 2.24) is 15.0 Å². The minimum atomic E-state index is 0.0994. The zero-order valence-corrected chi connectivity index (χ0v) is 6.57.